The zero-order chi connectivity index (χ0) is 21.2. The molecule has 2 rings (SSSR count). The Kier molecular flexibility index (Phi) is 7.90. The van der Waals surface area contributed by atoms with Gasteiger partial charge in [0.15, 0.2) is 19.0 Å². The number of Topliss-reactive ketones (excluding diaryl/α,β-unsaturated/α-hetero) is 1. The molecule has 1 atom stereocenters. The smallest absolute Gasteiger partial charge is 0.328 e. The lowest BCUT2D eigenvalue weighted by Crippen LogP contribution is -2.42. The fourth-order valence-corrected chi connectivity index (χ4v) is 2.30. The molecule has 8 nitrogen and oxygen atoms in total. The predicted octanol–water partition coefficient (Wildman–Crippen LogP) is 1.95. The van der Waals surface area contributed by atoms with Gasteiger partial charge in [-0.2, -0.15) is 0 Å². The van der Waals surface area contributed by atoms with E-state index in [0.29, 0.717) is 17.0 Å². The third kappa shape index (κ3) is 7.45. The van der Waals surface area contributed by atoms with Crippen molar-refractivity contribution in [1.82, 2.24) is 5.32 Å². The lowest BCUT2D eigenvalue weighted by atomic mass is 10.1. The molecule has 152 valence electrons. The second kappa shape index (κ2) is 10.6. The van der Waals surface area contributed by atoms with Gasteiger partial charge in [-0.1, -0.05) is 18.2 Å². The van der Waals surface area contributed by atoms with Gasteiger partial charge in [0, 0.05) is 18.2 Å². The summed E-state index contributed by atoms with van der Waals surface area (Å²) in [6.07, 6.45) is 0. The van der Waals surface area contributed by atoms with Gasteiger partial charge < -0.3 is 20.1 Å². The van der Waals surface area contributed by atoms with Crippen molar-refractivity contribution in [1.29, 1.82) is 0 Å². The Balaban J connectivity index is 1.75. The van der Waals surface area contributed by atoms with Crippen molar-refractivity contribution in [2.45, 2.75) is 19.9 Å². The van der Waals surface area contributed by atoms with E-state index in [4.69, 9.17) is 9.47 Å². The Morgan fingerprint density at radius 3 is 2.21 bits per heavy atom. The van der Waals surface area contributed by atoms with Crippen LogP contribution >= 0.6 is 0 Å². The van der Waals surface area contributed by atoms with Gasteiger partial charge in [-0.15, -0.1) is 0 Å². The number of hydrogen-bond donors (Lipinski definition) is 2. The van der Waals surface area contributed by atoms with Gasteiger partial charge in [0.25, 0.3) is 5.91 Å². The summed E-state index contributed by atoms with van der Waals surface area (Å²) in [5.74, 6) is -1.31. The summed E-state index contributed by atoms with van der Waals surface area (Å²) >= 11 is 0. The molecule has 0 fully saturated rings. The number of ether oxygens (including phenoxy) is 2. The van der Waals surface area contributed by atoms with Gasteiger partial charge in [0.2, 0.25) is 5.91 Å². The molecule has 0 aliphatic carbocycles. The highest BCUT2D eigenvalue weighted by Gasteiger charge is 2.19. The van der Waals surface area contributed by atoms with Crippen molar-refractivity contribution in [3.63, 3.8) is 0 Å². The maximum Gasteiger partial charge on any atom is 0.328 e. The molecule has 8 heteroatoms. The number of amides is 2. The van der Waals surface area contributed by atoms with Gasteiger partial charge in [-0.05, 0) is 43.3 Å². The number of ketones is 1. The Hall–Kier alpha value is -3.68. The Labute approximate surface area is 168 Å². The van der Waals surface area contributed by atoms with Crippen LogP contribution in [0.25, 0.3) is 0 Å². The van der Waals surface area contributed by atoms with E-state index in [1.165, 1.54) is 26.0 Å². The van der Waals surface area contributed by atoms with Gasteiger partial charge >= 0.3 is 5.97 Å². The fraction of sp³-hybridized carbons (Fsp3) is 0.238. The van der Waals surface area contributed by atoms with Crippen molar-refractivity contribution < 1.29 is 28.7 Å². The molecule has 2 aromatic rings. The maximum absolute atomic E-state index is 12.1. The number of rotatable bonds is 9. The number of para-hydroxylation sites is 1. The summed E-state index contributed by atoms with van der Waals surface area (Å²) in [5.41, 5.74) is 0.889. The lowest BCUT2D eigenvalue weighted by molar-refractivity contribution is -0.146. The predicted molar refractivity (Wildman–Crippen MR) is 106 cm³/mol. The molecule has 0 aromatic heterocycles. The van der Waals surface area contributed by atoms with E-state index in [2.05, 4.69) is 10.6 Å². The molecule has 0 spiro atoms. The van der Waals surface area contributed by atoms with Crippen molar-refractivity contribution in [2.75, 3.05) is 18.5 Å². The van der Waals surface area contributed by atoms with Crippen LogP contribution in [0.15, 0.2) is 54.6 Å². The molecule has 2 aromatic carbocycles. The summed E-state index contributed by atoms with van der Waals surface area (Å²) in [6.45, 7) is 2.13. The van der Waals surface area contributed by atoms with E-state index in [0.717, 1.165) is 0 Å². The van der Waals surface area contributed by atoms with Crippen LogP contribution in [0.2, 0.25) is 0 Å². The Bertz CT molecular complexity index is 864. The van der Waals surface area contributed by atoms with E-state index in [9.17, 15) is 19.2 Å². The molecule has 2 amide bonds. The van der Waals surface area contributed by atoms with E-state index >= 15 is 0 Å². The van der Waals surface area contributed by atoms with Crippen LogP contribution < -0.4 is 15.4 Å². The molecule has 2 N–H and O–H groups in total. The summed E-state index contributed by atoms with van der Waals surface area (Å²) in [7, 11) is 0. The van der Waals surface area contributed by atoms with Crippen molar-refractivity contribution in [3.05, 3.63) is 60.2 Å². The van der Waals surface area contributed by atoms with Gasteiger partial charge in [0.1, 0.15) is 11.8 Å². The molecule has 0 aliphatic rings. The zero-order valence-corrected chi connectivity index (χ0v) is 16.1. The van der Waals surface area contributed by atoms with Crippen molar-refractivity contribution in [2.24, 2.45) is 0 Å². The number of carbonyl (C=O) groups is 4. The molecule has 0 radical (unpaired) electrons. The molecule has 0 bridgehead atoms. The first kappa shape index (κ1) is 21.6. The Morgan fingerprint density at radius 1 is 0.931 bits per heavy atom. The average molecular weight is 398 g/mol. The van der Waals surface area contributed by atoms with Crippen LogP contribution in [-0.4, -0.2) is 42.8 Å². The minimum atomic E-state index is -0.934. The van der Waals surface area contributed by atoms with E-state index in [-0.39, 0.29) is 12.5 Å². The lowest BCUT2D eigenvalue weighted by Gasteiger charge is -2.13. The van der Waals surface area contributed by atoms with Gasteiger partial charge in [-0.3, -0.25) is 14.4 Å². The first-order valence-electron chi connectivity index (χ1n) is 8.90. The van der Waals surface area contributed by atoms with Crippen molar-refractivity contribution in [3.8, 4) is 5.75 Å². The molecule has 0 saturated heterocycles. The summed E-state index contributed by atoms with van der Waals surface area (Å²) in [6, 6.07) is 14.0. The van der Waals surface area contributed by atoms with Crippen LogP contribution in [0.5, 0.6) is 5.75 Å². The van der Waals surface area contributed by atoms with Gasteiger partial charge in [0.05, 0.1) is 0 Å². The number of esters is 1. The summed E-state index contributed by atoms with van der Waals surface area (Å²) in [4.78, 5) is 46.9. The van der Waals surface area contributed by atoms with E-state index in [1.807, 2.05) is 6.07 Å². The van der Waals surface area contributed by atoms with Crippen LogP contribution in [0, 0.1) is 0 Å². The molecule has 0 aliphatic heterocycles. The quantitative estimate of drug-likeness (QED) is 0.493. The third-order valence-electron chi connectivity index (χ3n) is 3.72. The van der Waals surface area contributed by atoms with Crippen LogP contribution in [0.3, 0.4) is 0 Å². The highest BCUT2D eigenvalue weighted by Crippen LogP contribution is 2.10. The molecule has 0 heterocycles. The van der Waals surface area contributed by atoms with Crippen molar-refractivity contribution >= 4 is 29.3 Å². The number of hydrogen-bond acceptors (Lipinski definition) is 6. The standard InChI is InChI=1S/C21H22N2O6/c1-14(22-20(26)13-28-18-6-4-3-5-7-18)21(27)29-12-19(25)16-8-10-17(11-9-16)23-15(2)24/h3-11,14H,12-13H2,1-2H3,(H,22,26)(H,23,24)/t14-/m0/s1. The average Bonchev–Trinajstić information content (AvgIpc) is 2.71. The van der Waals surface area contributed by atoms with Crippen LogP contribution in [-0.2, 0) is 19.1 Å². The molecular weight excluding hydrogens is 376 g/mol. The first-order valence-corrected chi connectivity index (χ1v) is 8.90. The molecule has 0 saturated carbocycles. The molecular formula is C21H22N2O6. The van der Waals surface area contributed by atoms with Gasteiger partial charge in [-0.25, -0.2) is 4.79 Å². The highest BCUT2D eigenvalue weighted by molar-refractivity contribution is 5.99. The van der Waals surface area contributed by atoms with Crippen LogP contribution in [0.4, 0.5) is 5.69 Å². The normalized spacial score (nSPS) is 11.1. The number of carbonyl (C=O) groups excluding carboxylic acids is 4. The van der Waals surface area contributed by atoms with E-state index in [1.54, 1.807) is 36.4 Å². The zero-order valence-electron chi connectivity index (χ0n) is 16.1. The highest BCUT2D eigenvalue weighted by atomic mass is 16.5. The Morgan fingerprint density at radius 2 is 1.59 bits per heavy atom. The second-order valence-electron chi connectivity index (χ2n) is 6.18. The third-order valence-corrected chi connectivity index (χ3v) is 3.72. The monoisotopic (exact) mass is 398 g/mol. The minimum Gasteiger partial charge on any atom is -0.484 e. The number of nitrogens with one attached hydrogen (secondary N) is 2. The van der Waals surface area contributed by atoms with Crippen LogP contribution in [0.1, 0.15) is 24.2 Å². The fourth-order valence-electron chi connectivity index (χ4n) is 2.30. The SMILES string of the molecule is CC(=O)Nc1ccc(C(=O)COC(=O)[C@H](C)NC(=O)COc2ccccc2)cc1. The second-order valence-corrected chi connectivity index (χ2v) is 6.18. The summed E-state index contributed by atoms with van der Waals surface area (Å²) < 4.78 is 10.3. The van der Waals surface area contributed by atoms with E-state index < -0.39 is 30.3 Å². The number of benzene rings is 2. The number of anilines is 1. The minimum absolute atomic E-state index is 0.219. The maximum atomic E-state index is 12.1. The largest absolute Gasteiger partial charge is 0.484 e. The molecule has 0 unspecified atom stereocenters. The summed E-state index contributed by atoms with van der Waals surface area (Å²) in [5, 5.41) is 5.04. The molecule has 29 heavy (non-hydrogen) atoms. The first-order chi connectivity index (χ1) is 13.8. The topological polar surface area (TPSA) is 111 Å².